The van der Waals surface area contributed by atoms with Gasteiger partial charge in [-0.3, -0.25) is 9.80 Å². The molecule has 0 aromatic rings. The van der Waals surface area contributed by atoms with E-state index in [1.807, 2.05) is 13.8 Å². The lowest BCUT2D eigenvalue weighted by molar-refractivity contribution is 0.0121. The predicted molar refractivity (Wildman–Crippen MR) is 82.1 cm³/mol. The van der Waals surface area contributed by atoms with Crippen molar-refractivity contribution in [2.24, 2.45) is 16.3 Å². The van der Waals surface area contributed by atoms with Gasteiger partial charge in [-0.05, 0) is 39.3 Å². The average molecular weight is 282 g/mol. The third-order valence-corrected chi connectivity index (χ3v) is 5.14. The molecule has 5 nitrogen and oxygen atoms in total. The van der Waals surface area contributed by atoms with Crippen LogP contribution in [0.1, 0.15) is 46.5 Å². The first kappa shape index (κ1) is 15.6. The van der Waals surface area contributed by atoms with Gasteiger partial charge in [0, 0.05) is 30.6 Å². The largest absolute Gasteiger partial charge is 0.409 e. The summed E-state index contributed by atoms with van der Waals surface area (Å²) in [5.74, 6) is 0.335. The summed E-state index contributed by atoms with van der Waals surface area (Å²) in [4.78, 5) is 5.25. The highest BCUT2D eigenvalue weighted by atomic mass is 16.4. The fraction of sp³-hybridized carbons (Fsp3) is 0.933. The number of nitrogens with zero attached hydrogens (tertiary/aromatic N) is 3. The van der Waals surface area contributed by atoms with Gasteiger partial charge < -0.3 is 10.9 Å². The summed E-state index contributed by atoms with van der Waals surface area (Å²) < 4.78 is 0. The summed E-state index contributed by atoms with van der Waals surface area (Å²) in [5, 5.41) is 12.0. The molecule has 0 aromatic carbocycles. The van der Waals surface area contributed by atoms with Crippen LogP contribution in [0.2, 0.25) is 0 Å². The Hall–Kier alpha value is -0.810. The molecule has 116 valence electrons. The van der Waals surface area contributed by atoms with Crippen LogP contribution in [0.5, 0.6) is 0 Å². The second-order valence-electron chi connectivity index (χ2n) is 7.11. The molecule has 2 rings (SSSR count). The zero-order valence-corrected chi connectivity index (χ0v) is 13.2. The SMILES string of the molecule is CC1CN2CCCCC2CN1CCC(C)(C)C(N)=NO. The first-order valence-corrected chi connectivity index (χ1v) is 7.90. The van der Waals surface area contributed by atoms with Crippen molar-refractivity contribution in [3.8, 4) is 0 Å². The van der Waals surface area contributed by atoms with Crippen molar-refractivity contribution in [3.05, 3.63) is 0 Å². The number of piperazine rings is 1. The normalized spacial score (nSPS) is 30.2. The van der Waals surface area contributed by atoms with E-state index in [2.05, 4.69) is 21.9 Å². The molecular formula is C15H30N4O. The fourth-order valence-electron chi connectivity index (χ4n) is 3.41. The lowest BCUT2D eigenvalue weighted by Gasteiger charge is -2.48. The number of piperidine rings is 1. The summed E-state index contributed by atoms with van der Waals surface area (Å²) >= 11 is 0. The molecule has 2 fully saturated rings. The van der Waals surface area contributed by atoms with Crippen molar-refractivity contribution < 1.29 is 5.21 Å². The molecule has 2 aliphatic heterocycles. The molecule has 3 N–H and O–H groups in total. The third kappa shape index (κ3) is 3.44. The molecule has 0 saturated carbocycles. The zero-order chi connectivity index (χ0) is 14.8. The van der Waals surface area contributed by atoms with Crippen molar-refractivity contribution >= 4 is 5.84 Å². The molecule has 2 unspecified atom stereocenters. The molecule has 2 heterocycles. The number of hydrogen-bond acceptors (Lipinski definition) is 4. The Morgan fingerprint density at radius 2 is 2.10 bits per heavy atom. The minimum atomic E-state index is -0.238. The van der Waals surface area contributed by atoms with Crippen LogP contribution in [-0.2, 0) is 0 Å². The maximum absolute atomic E-state index is 8.86. The Morgan fingerprint density at radius 1 is 1.35 bits per heavy atom. The smallest absolute Gasteiger partial charge is 0.144 e. The summed E-state index contributed by atoms with van der Waals surface area (Å²) in [6.45, 7) is 11.1. The van der Waals surface area contributed by atoms with Crippen LogP contribution in [-0.4, -0.2) is 59.1 Å². The number of hydrogen-bond donors (Lipinski definition) is 2. The summed E-state index contributed by atoms with van der Waals surface area (Å²) in [6, 6.07) is 1.35. The molecule has 5 heteroatoms. The second kappa shape index (κ2) is 6.31. The average Bonchev–Trinajstić information content (AvgIpc) is 2.44. The van der Waals surface area contributed by atoms with E-state index in [-0.39, 0.29) is 5.41 Å². The van der Waals surface area contributed by atoms with Crippen LogP contribution in [0.4, 0.5) is 0 Å². The van der Waals surface area contributed by atoms with Crippen molar-refractivity contribution in [1.82, 2.24) is 9.80 Å². The molecular weight excluding hydrogens is 252 g/mol. The molecule has 0 aliphatic carbocycles. The van der Waals surface area contributed by atoms with Crippen molar-refractivity contribution in [2.75, 3.05) is 26.2 Å². The fourth-order valence-corrected chi connectivity index (χ4v) is 3.41. The molecule has 2 atom stereocenters. The van der Waals surface area contributed by atoms with Crippen molar-refractivity contribution in [3.63, 3.8) is 0 Å². The highest BCUT2D eigenvalue weighted by molar-refractivity contribution is 5.85. The van der Waals surface area contributed by atoms with Crippen molar-refractivity contribution in [1.29, 1.82) is 0 Å². The zero-order valence-electron chi connectivity index (χ0n) is 13.2. The van der Waals surface area contributed by atoms with E-state index >= 15 is 0 Å². The maximum atomic E-state index is 8.86. The topological polar surface area (TPSA) is 65.1 Å². The first-order chi connectivity index (χ1) is 9.44. The van der Waals surface area contributed by atoms with Gasteiger partial charge in [0.2, 0.25) is 0 Å². The highest BCUT2D eigenvalue weighted by Gasteiger charge is 2.34. The molecule has 0 bridgehead atoms. The van der Waals surface area contributed by atoms with Crippen LogP contribution in [0, 0.1) is 5.41 Å². The number of fused-ring (bicyclic) bond motifs is 1. The van der Waals surface area contributed by atoms with E-state index in [0.29, 0.717) is 11.9 Å². The highest BCUT2D eigenvalue weighted by Crippen LogP contribution is 2.26. The van der Waals surface area contributed by atoms with E-state index in [1.54, 1.807) is 0 Å². The molecule has 20 heavy (non-hydrogen) atoms. The van der Waals surface area contributed by atoms with Gasteiger partial charge in [-0.1, -0.05) is 25.4 Å². The van der Waals surface area contributed by atoms with Gasteiger partial charge in [0.05, 0.1) is 0 Å². The van der Waals surface area contributed by atoms with E-state index in [0.717, 1.165) is 19.0 Å². The minimum Gasteiger partial charge on any atom is -0.409 e. The lowest BCUT2D eigenvalue weighted by atomic mass is 9.87. The van der Waals surface area contributed by atoms with Crippen LogP contribution in [0.15, 0.2) is 5.16 Å². The van der Waals surface area contributed by atoms with Crippen LogP contribution >= 0.6 is 0 Å². The van der Waals surface area contributed by atoms with Gasteiger partial charge in [0.25, 0.3) is 0 Å². The summed E-state index contributed by atoms with van der Waals surface area (Å²) in [5.41, 5.74) is 5.54. The molecule has 2 aliphatic rings. The Kier molecular flexibility index (Phi) is 4.91. The maximum Gasteiger partial charge on any atom is 0.144 e. The van der Waals surface area contributed by atoms with E-state index in [1.165, 1.54) is 38.9 Å². The first-order valence-electron chi connectivity index (χ1n) is 7.90. The molecule has 0 spiro atoms. The van der Waals surface area contributed by atoms with E-state index < -0.39 is 0 Å². The monoisotopic (exact) mass is 282 g/mol. The van der Waals surface area contributed by atoms with Gasteiger partial charge in [0.1, 0.15) is 5.84 Å². The molecule has 0 aromatic heterocycles. The van der Waals surface area contributed by atoms with Gasteiger partial charge in [-0.2, -0.15) is 0 Å². The number of oxime groups is 1. The predicted octanol–water partition coefficient (Wildman–Crippen LogP) is 1.71. The number of rotatable bonds is 4. The van der Waals surface area contributed by atoms with Crippen LogP contribution in [0.25, 0.3) is 0 Å². The Labute approximate surface area is 122 Å². The number of nitrogens with two attached hydrogens (primary N) is 1. The molecule has 2 saturated heterocycles. The number of amidine groups is 1. The van der Waals surface area contributed by atoms with Gasteiger partial charge in [0.15, 0.2) is 0 Å². The second-order valence-corrected chi connectivity index (χ2v) is 7.11. The Bertz CT molecular complexity index is 356. The van der Waals surface area contributed by atoms with Crippen LogP contribution < -0.4 is 5.73 Å². The quantitative estimate of drug-likeness (QED) is 0.356. The van der Waals surface area contributed by atoms with Crippen LogP contribution in [0.3, 0.4) is 0 Å². The summed E-state index contributed by atoms with van der Waals surface area (Å²) in [6.07, 6.45) is 5.01. The van der Waals surface area contributed by atoms with Crippen molar-refractivity contribution in [2.45, 2.75) is 58.5 Å². The van der Waals surface area contributed by atoms with Gasteiger partial charge in [-0.15, -0.1) is 0 Å². The van der Waals surface area contributed by atoms with E-state index in [4.69, 9.17) is 10.9 Å². The lowest BCUT2D eigenvalue weighted by Crippen LogP contribution is -2.59. The minimum absolute atomic E-state index is 0.238. The molecule has 0 amide bonds. The van der Waals surface area contributed by atoms with E-state index in [9.17, 15) is 0 Å². The standard InChI is InChI=1S/C15H30N4O/c1-12-10-19-8-5-4-6-13(19)11-18(12)9-7-15(2,3)14(16)17-20/h12-13,20H,4-11H2,1-3H3,(H2,16,17). The summed E-state index contributed by atoms with van der Waals surface area (Å²) in [7, 11) is 0. The van der Waals surface area contributed by atoms with Gasteiger partial charge >= 0.3 is 0 Å². The van der Waals surface area contributed by atoms with Gasteiger partial charge in [-0.25, -0.2) is 0 Å². The molecule has 0 radical (unpaired) electrons. The third-order valence-electron chi connectivity index (χ3n) is 5.14. The Morgan fingerprint density at radius 3 is 2.80 bits per heavy atom. The Balaban J connectivity index is 1.89.